The number of aryl methyl sites for hydroxylation is 1. The van der Waals surface area contributed by atoms with Crippen LogP contribution in [0.4, 0.5) is 5.13 Å². The summed E-state index contributed by atoms with van der Waals surface area (Å²) in [5.74, 6) is 0.283. The smallest absolute Gasteiger partial charge is 0.229 e. The first-order valence-electron chi connectivity index (χ1n) is 8.33. The molecule has 0 atom stereocenters. The van der Waals surface area contributed by atoms with E-state index < -0.39 is 0 Å². The highest BCUT2D eigenvalue weighted by molar-refractivity contribution is 7.22. The number of aromatic nitrogens is 3. The van der Waals surface area contributed by atoms with Gasteiger partial charge in [-0.2, -0.15) is 5.10 Å². The molecule has 1 saturated carbocycles. The van der Waals surface area contributed by atoms with Gasteiger partial charge in [-0.3, -0.25) is 9.89 Å². The van der Waals surface area contributed by atoms with Gasteiger partial charge in [0, 0.05) is 11.3 Å². The van der Waals surface area contributed by atoms with Crippen LogP contribution in [-0.2, 0) is 4.79 Å². The van der Waals surface area contributed by atoms with Crippen molar-refractivity contribution in [3.63, 3.8) is 0 Å². The minimum atomic E-state index is 0.0971. The van der Waals surface area contributed by atoms with Crippen molar-refractivity contribution in [2.75, 3.05) is 5.32 Å². The number of nitrogens with zero attached hydrogens (tertiary/aromatic N) is 2. The molecule has 124 valence electrons. The van der Waals surface area contributed by atoms with Crippen molar-refractivity contribution < 1.29 is 4.79 Å². The standard InChI is InChI=1S/C19H16N4OS/c1-10-14(6-4-13-9-20-23-17(10)13)12-5-7-15-16(8-12)25-19(21-15)22-18(24)11-2-3-11/h4-9,11H,2-3H2,1H3,(H,20,23)(H,21,22,24). The third kappa shape index (κ3) is 2.49. The van der Waals surface area contributed by atoms with E-state index in [0.717, 1.165) is 39.5 Å². The van der Waals surface area contributed by atoms with Crippen LogP contribution in [0.5, 0.6) is 0 Å². The first kappa shape index (κ1) is 14.6. The largest absolute Gasteiger partial charge is 0.302 e. The molecule has 0 aliphatic heterocycles. The van der Waals surface area contributed by atoms with Gasteiger partial charge >= 0.3 is 0 Å². The Bertz CT molecular complexity index is 1120. The summed E-state index contributed by atoms with van der Waals surface area (Å²) in [6.07, 6.45) is 3.83. The minimum Gasteiger partial charge on any atom is -0.302 e. The number of nitrogens with one attached hydrogen (secondary N) is 2. The number of carbonyl (C=O) groups excluding carboxylic acids is 1. The third-order valence-corrected chi connectivity index (χ3v) is 5.69. The fourth-order valence-electron chi connectivity index (χ4n) is 3.17. The molecular formula is C19H16N4OS. The molecular weight excluding hydrogens is 332 g/mol. The van der Waals surface area contributed by atoms with Gasteiger partial charge in [0.2, 0.25) is 5.91 Å². The molecule has 0 bridgehead atoms. The van der Waals surface area contributed by atoms with Gasteiger partial charge in [-0.15, -0.1) is 0 Å². The van der Waals surface area contributed by atoms with E-state index in [2.05, 4.69) is 51.7 Å². The lowest BCUT2D eigenvalue weighted by molar-refractivity contribution is -0.117. The van der Waals surface area contributed by atoms with Crippen LogP contribution in [0.15, 0.2) is 36.5 Å². The maximum atomic E-state index is 11.9. The van der Waals surface area contributed by atoms with Gasteiger partial charge in [0.05, 0.1) is 21.9 Å². The molecule has 1 fully saturated rings. The maximum Gasteiger partial charge on any atom is 0.229 e. The zero-order valence-corrected chi connectivity index (χ0v) is 14.5. The van der Waals surface area contributed by atoms with Crippen LogP contribution in [0, 0.1) is 12.8 Å². The van der Waals surface area contributed by atoms with Crippen molar-refractivity contribution >= 4 is 43.5 Å². The maximum absolute atomic E-state index is 11.9. The lowest BCUT2D eigenvalue weighted by atomic mass is 9.98. The van der Waals surface area contributed by atoms with Crippen LogP contribution in [0.25, 0.3) is 32.2 Å². The predicted molar refractivity (Wildman–Crippen MR) is 101 cm³/mol. The van der Waals surface area contributed by atoms with E-state index in [1.165, 1.54) is 22.5 Å². The highest BCUT2D eigenvalue weighted by atomic mass is 32.1. The van der Waals surface area contributed by atoms with Gasteiger partial charge in [-0.1, -0.05) is 29.5 Å². The summed E-state index contributed by atoms with van der Waals surface area (Å²) in [5, 5.41) is 11.9. The molecule has 2 N–H and O–H groups in total. The van der Waals surface area contributed by atoms with Gasteiger partial charge in [-0.05, 0) is 48.6 Å². The number of hydrogen-bond acceptors (Lipinski definition) is 4. The van der Waals surface area contributed by atoms with Crippen LogP contribution >= 0.6 is 11.3 Å². The molecule has 1 aliphatic carbocycles. The Labute approximate surface area is 148 Å². The molecule has 2 heterocycles. The van der Waals surface area contributed by atoms with E-state index in [1.54, 1.807) is 0 Å². The summed E-state index contributed by atoms with van der Waals surface area (Å²) < 4.78 is 1.08. The lowest BCUT2D eigenvalue weighted by Gasteiger charge is -2.07. The Hall–Kier alpha value is -2.73. The number of aromatic amines is 1. The number of hydrogen-bond donors (Lipinski definition) is 2. The van der Waals surface area contributed by atoms with E-state index >= 15 is 0 Å². The van der Waals surface area contributed by atoms with Crippen molar-refractivity contribution in [3.8, 4) is 11.1 Å². The van der Waals surface area contributed by atoms with Crippen molar-refractivity contribution in [2.24, 2.45) is 5.92 Å². The molecule has 25 heavy (non-hydrogen) atoms. The summed E-state index contributed by atoms with van der Waals surface area (Å²) in [6.45, 7) is 2.11. The Kier molecular flexibility index (Phi) is 3.15. The normalized spacial score (nSPS) is 14.3. The topological polar surface area (TPSA) is 70.7 Å². The molecule has 5 nitrogen and oxygen atoms in total. The molecule has 2 aromatic heterocycles. The molecule has 2 aromatic carbocycles. The molecule has 0 radical (unpaired) electrons. The van der Waals surface area contributed by atoms with Crippen LogP contribution in [0.2, 0.25) is 0 Å². The van der Waals surface area contributed by atoms with Gasteiger partial charge < -0.3 is 5.32 Å². The quantitative estimate of drug-likeness (QED) is 0.573. The average molecular weight is 348 g/mol. The Balaban J connectivity index is 1.54. The van der Waals surface area contributed by atoms with Gasteiger partial charge in [-0.25, -0.2) is 4.98 Å². The number of rotatable bonds is 3. The number of thiazole rings is 1. The molecule has 6 heteroatoms. The molecule has 0 spiro atoms. The van der Waals surface area contributed by atoms with E-state index in [0.29, 0.717) is 5.13 Å². The number of carbonyl (C=O) groups is 1. The minimum absolute atomic E-state index is 0.0971. The Morgan fingerprint density at radius 3 is 3.00 bits per heavy atom. The van der Waals surface area contributed by atoms with E-state index in [9.17, 15) is 4.79 Å². The predicted octanol–water partition coefficient (Wildman–Crippen LogP) is 4.50. The fraction of sp³-hybridized carbons (Fsp3) is 0.211. The molecule has 0 unspecified atom stereocenters. The summed E-state index contributed by atoms with van der Waals surface area (Å²) in [4.78, 5) is 16.5. The fourth-order valence-corrected chi connectivity index (χ4v) is 4.07. The van der Waals surface area contributed by atoms with Crippen LogP contribution in [0.3, 0.4) is 0 Å². The van der Waals surface area contributed by atoms with Crippen LogP contribution in [-0.4, -0.2) is 21.1 Å². The Morgan fingerprint density at radius 1 is 1.28 bits per heavy atom. The summed E-state index contributed by atoms with van der Waals surface area (Å²) in [6, 6.07) is 10.5. The first-order valence-corrected chi connectivity index (χ1v) is 9.15. The van der Waals surface area contributed by atoms with Gasteiger partial charge in [0.25, 0.3) is 0 Å². The third-order valence-electron chi connectivity index (χ3n) is 4.75. The van der Waals surface area contributed by atoms with Gasteiger partial charge in [0.15, 0.2) is 5.13 Å². The second-order valence-electron chi connectivity index (χ2n) is 6.54. The summed E-state index contributed by atoms with van der Waals surface area (Å²) in [5.41, 5.74) is 5.49. The number of anilines is 1. The average Bonchev–Trinajstić information content (AvgIpc) is 3.21. The number of H-pyrrole nitrogens is 1. The zero-order chi connectivity index (χ0) is 17.0. The van der Waals surface area contributed by atoms with Crippen LogP contribution in [0.1, 0.15) is 18.4 Å². The molecule has 1 amide bonds. The van der Waals surface area contributed by atoms with Crippen molar-refractivity contribution in [1.29, 1.82) is 0 Å². The molecule has 1 aliphatic rings. The van der Waals surface area contributed by atoms with Crippen LogP contribution < -0.4 is 5.32 Å². The van der Waals surface area contributed by atoms with Crippen molar-refractivity contribution in [3.05, 3.63) is 42.1 Å². The number of fused-ring (bicyclic) bond motifs is 2. The first-order chi connectivity index (χ1) is 12.2. The Morgan fingerprint density at radius 2 is 2.16 bits per heavy atom. The van der Waals surface area contributed by atoms with E-state index in [-0.39, 0.29) is 11.8 Å². The SMILES string of the molecule is Cc1c(-c2ccc3nc(NC(=O)C4CC4)sc3c2)ccc2cn[nH]c12. The van der Waals surface area contributed by atoms with E-state index in [4.69, 9.17) is 0 Å². The molecule has 5 rings (SSSR count). The number of amides is 1. The van der Waals surface area contributed by atoms with E-state index in [1.807, 2.05) is 12.3 Å². The van der Waals surface area contributed by atoms with Crippen molar-refractivity contribution in [2.45, 2.75) is 19.8 Å². The number of benzene rings is 2. The monoisotopic (exact) mass is 348 g/mol. The highest BCUT2D eigenvalue weighted by Crippen LogP contribution is 2.35. The lowest BCUT2D eigenvalue weighted by Crippen LogP contribution is -2.12. The summed E-state index contributed by atoms with van der Waals surface area (Å²) >= 11 is 1.53. The second-order valence-corrected chi connectivity index (χ2v) is 7.57. The summed E-state index contributed by atoms with van der Waals surface area (Å²) in [7, 11) is 0. The zero-order valence-electron chi connectivity index (χ0n) is 13.7. The molecule has 0 saturated heterocycles. The van der Waals surface area contributed by atoms with Crippen molar-refractivity contribution in [1.82, 2.24) is 15.2 Å². The van der Waals surface area contributed by atoms with Gasteiger partial charge in [0.1, 0.15) is 0 Å². The highest BCUT2D eigenvalue weighted by Gasteiger charge is 2.30. The second kappa shape index (κ2) is 5.39. The molecule has 4 aromatic rings.